The third kappa shape index (κ3) is 4.44. The topological polar surface area (TPSA) is 29.1 Å². The highest BCUT2D eigenvalue weighted by atomic mass is 32.2. The van der Waals surface area contributed by atoms with Gasteiger partial charge in [0.25, 0.3) is 5.24 Å². The largest absolute Gasteiger partial charge is 0.350 e. The summed E-state index contributed by atoms with van der Waals surface area (Å²) < 4.78 is 0. The highest BCUT2D eigenvalue weighted by Gasteiger charge is 2.02. The van der Waals surface area contributed by atoms with Crippen LogP contribution in [0.4, 0.5) is 4.79 Å². The predicted octanol–water partition coefficient (Wildman–Crippen LogP) is 2.02. The Morgan fingerprint density at radius 2 is 2.30 bits per heavy atom. The van der Waals surface area contributed by atoms with Crippen molar-refractivity contribution in [2.45, 2.75) is 19.1 Å². The van der Waals surface area contributed by atoms with Crippen molar-refractivity contribution < 1.29 is 4.79 Å². The Morgan fingerprint density at radius 1 is 1.70 bits per heavy atom. The third-order valence-electron chi connectivity index (χ3n) is 0.961. The number of carbonyl (C=O) groups is 1. The Hall–Kier alpha value is -0.440. The summed E-state index contributed by atoms with van der Waals surface area (Å²) in [7, 11) is 1.64. The molecular weight excluding hydrogens is 146 g/mol. The zero-order chi connectivity index (χ0) is 7.98. The highest BCUT2D eigenvalue weighted by molar-refractivity contribution is 8.14. The van der Waals surface area contributed by atoms with Crippen LogP contribution >= 0.6 is 11.8 Å². The second-order valence-electron chi connectivity index (χ2n) is 1.89. The van der Waals surface area contributed by atoms with Crippen molar-refractivity contribution in [1.82, 2.24) is 5.32 Å². The van der Waals surface area contributed by atoms with Crippen LogP contribution in [0.2, 0.25) is 0 Å². The van der Waals surface area contributed by atoms with Crippen molar-refractivity contribution >= 4 is 17.0 Å². The van der Waals surface area contributed by atoms with Gasteiger partial charge in [-0.2, -0.15) is 0 Å². The maximum Gasteiger partial charge on any atom is 0.279 e. The van der Waals surface area contributed by atoms with Gasteiger partial charge in [-0.05, 0) is 13.8 Å². The van der Waals surface area contributed by atoms with Gasteiger partial charge in [0.05, 0.1) is 0 Å². The fraction of sp³-hybridized carbons (Fsp3) is 0.571. The van der Waals surface area contributed by atoms with Gasteiger partial charge in [-0.15, -0.1) is 0 Å². The first-order valence-electron chi connectivity index (χ1n) is 3.22. The van der Waals surface area contributed by atoms with Gasteiger partial charge in [0.1, 0.15) is 0 Å². The number of nitrogens with one attached hydrogen (secondary N) is 1. The van der Waals surface area contributed by atoms with Gasteiger partial charge >= 0.3 is 0 Å². The van der Waals surface area contributed by atoms with Gasteiger partial charge in [-0.1, -0.05) is 23.9 Å². The second-order valence-corrected chi connectivity index (χ2v) is 3.24. The fourth-order valence-corrected chi connectivity index (χ4v) is 1.23. The molecular formula is C7H13NOS. The summed E-state index contributed by atoms with van der Waals surface area (Å²) in [6.45, 7) is 3.93. The fourth-order valence-electron chi connectivity index (χ4n) is 0.538. The molecule has 0 aromatic rings. The van der Waals surface area contributed by atoms with E-state index in [-0.39, 0.29) is 10.5 Å². The molecule has 0 aromatic carbocycles. The average molecular weight is 159 g/mol. The Morgan fingerprint density at radius 3 is 2.70 bits per heavy atom. The normalized spacial score (nSPS) is 13.5. The molecule has 0 aliphatic rings. The lowest BCUT2D eigenvalue weighted by Gasteiger charge is -2.02. The molecule has 0 bridgehead atoms. The molecule has 1 amide bonds. The van der Waals surface area contributed by atoms with E-state index in [1.165, 1.54) is 11.8 Å². The van der Waals surface area contributed by atoms with Crippen LogP contribution in [0, 0.1) is 0 Å². The van der Waals surface area contributed by atoms with E-state index in [1.807, 2.05) is 26.0 Å². The molecule has 0 saturated heterocycles. The Labute approximate surface area is 66.1 Å². The first-order valence-corrected chi connectivity index (χ1v) is 4.09. The third-order valence-corrected chi connectivity index (χ3v) is 1.91. The maximum absolute atomic E-state index is 10.7. The molecule has 0 saturated carbocycles. The SMILES string of the molecule is C/C=C/[C@@H](C)SC(=O)NC. The molecule has 0 fully saturated rings. The van der Waals surface area contributed by atoms with Crippen LogP contribution in [0.25, 0.3) is 0 Å². The molecule has 0 spiro atoms. The predicted molar refractivity (Wildman–Crippen MR) is 46.3 cm³/mol. The smallest absolute Gasteiger partial charge is 0.279 e. The molecule has 0 aliphatic heterocycles. The average Bonchev–Trinajstić information content (AvgIpc) is 1.88. The Kier molecular flexibility index (Phi) is 5.12. The van der Waals surface area contributed by atoms with Gasteiger partial charge in [0.15, 0.2) is 0 Å². The van der Waals surface area contributed by atoms with E-state index in [0.717, 1.165) is 0 Å². The molecule has 1 atom stereocenters. The number of rotatable bonds is 2. The monoisotopic (exact) mass is 159 g/mol. The quantitative estimate of drug-likeness (QED) is 0.624. The van der Waals surface area contributed by atoms with Gasteiger partial charge in [-0.3, -0.25) is 4.79 Å². The summed E-state index contributed by atoms with van der Waals surface area (Å²) in [6, 6.07) is 0. The van der Waals surface area contributed by atoms with Crippen molar-refractivity contribution in [1.29, 1.82) is 0 Å². The molecule has 0 rings (SSSR count). The van der Waals surface area contributed by atoms with E-state index in [0.29, 0.717) is 0 Å². The van der Waals surface area contributed by atoms with Crippen molar-refractivity contribution in [3.05, 3.63) is 12.2 Å². The van der Waals surface area contributed by atoms with Gasteiger partial charge in [-0.25, -0.2) is 0 Å². The van der Waals surface area contributed by atoms with Crippen LogP contribution in [-0.2, 0) is 0 Å². The zero-order valence-corrected chi connectivity index (χ0v) is 7.37. The van der Waals surface area contributed by atoms with Crippen molar-refractivity contribution in [3.63, 3.8) is 0 Å². The number of hydrogen-bond donors (Lipinski definition) is 1. The minimum absolute atomic E-state index is 0.0191. The number of carbonyl (C=O) groups excluding carboxylic acids is 1. The van der Waals surface area contributed by atoms with E-state index >= 15 is 0 Å². The minimum Gasteiger partial charge on any atom is -0.350 e. The molecule has 3 heteroatoms. The highest BCUT2D eigenvalue weighted by Crippen LogP contribution is 2.11. The van der Waals surface area contributed by atoms with Crippen LogP contribution in [0.15, 0.2) is 12.2 Å². The van der Waals surface area contributed by atoms with E-state index in [9.17, 15) is 4.79 Å². The van der Waals surface area contributed by atoms with E-state index < -0.39 is 0 Å². The summed E-state index contributed by atoms with van der Waals surface area (Å²) in [5.74, 6) is 0. The standard InChI is InChI=1S/C7H13NOS/c1-4-5-6(2)10-7(9)8-3/h4-6H,1-3H3,(H,8,9)/b5-4+/t6-/m1/s1. The first-order chi connectivity index (χ1) is 4.70. The van der Waals surface area contributed by atoms with Crippen molar-refractivity contribution in [3.8, 4) is 0 Å². The maximum atomic E-state index is 10.7. The molecule has 0 aromatic heterocycles. The summed E-state index contributed by atoms with van der Waals surface area (Å²) in [4.78, 5) is 10.7. The van der Waals surface area contributed by atoms with E-state index in [2.05, 4.69) is 5.32 Å². The molecule has 0 heterocycles. The van der Waals surface area contributed by atoms with E-state index in [4.69, 9.17) is 0 Å². The van der Waals surface area contributed by atoms with Gasteiger partial charge in [0.2, 0.25) is 0 Å². The second kappa shape index (κ2) is 5.35. The first kappa shape index (κ1) is 9.56. The summed E-state index contributed by atoms with van der Waals surface area (Å²) in [5.41, 5.74) is 0. The minimum atomic E-state index is 0.0191. The van der Waals surface area contributed by atoms with Crippen molar-refractivity contribution in [2.24, 2.45) is 0 Å². The lowest BCUT2D eigenvalue weighted by molar-refractivity contribution is 0.262. The van der Waals surface area contributed by atoms with Gasteiger partial charge < -0.3 is 5.32 Å². The molecule has 58 valence electrons. The van der Waals surface area contributed by atoms with Crippen LogP contribution in [-0.4, -0.2) is 17.5 Å². The molecule has 0 radical (unpaired) electrons. The Balaban J connectivity index is 3.57. The summed E-state index contributed by atoms with van der Waals surface area (Å²) in [5, 5.41) is 2.83. The van der Waals surface area contributed by atoms with Crippen LogP contribution in [0.1, 0.15) is 13.8 Å². The lowest BCUT2D eigenvalue weighted by atomic mass is 10.4. The molecule has 2 nitrogen and oxygen atoms in total. The van der Waals surface area contributed by atoms with Gasteiger partial charge in [0, 0.05) is 12.3 Å². The summed E-state index contributed by atoms with van der Waals surface area (Å²) >= 11 is 1.29. The summed E-state index contributed by atoms with van der Waals surface area (Å²) in [6.07, 6.45) is 3.93. The van der Waals surface area contributed by atoms with Crippen LogP contribution in [0.5, 0.6) is 0 Å². The van der Waals surface area contributed by atoms with Crippen molar-refractivity contribution in [2.75, 3.05) is 7.05 Å². The van der Waals surface area contributed by atoms with Crippen LogP contribution in [0.3, 0.4) is 0 Å². The lowest BCUT2D eigenvalue weighted by Crippen LogP contribution is -2.13. The molecule has 10 heavy (non-hydrogen) atoms. The number of thioether (sulfide) groups is 1. The number of amides is 1. The Bertz CT molecular complexity index is 134. The molecule has 0 unspecified atom stereocenters. The zero-order valence-electron chi connectivity index (χ0n) is 6.55. The number of allylic oxidation sites excluding steroid dienone is 1. The van der Waals surface area contributed by atoms with Crippen LogP contribution < -0.4 is 5.32 Å². The van der Waals surface area contributed by atoms with E-state index in [1.54, 1.807) is 7.05 Å². The molecule has 0 aliphatic carbocycles. The number of hydrogen-bond acceptors (Lipinski definition) is 2. The molecule has 1 N–H and O–H groups in total.